The topological polar surface area (TPSA) is 59.6 Å². The molecule has 1 heterocycles. The average Bonchev–Trinajstić information content (AvgIpc) is 3.28. The van der Waals surface area contributed by atoms with Gasteiger partial charge in [0.15, 0.2) is 0 Å². The number of carbonyl (C=O) groups is 1. The van der Waals surface area contributed by atoms with Crippen LogP contribution in [0.1, 0.15) is 32.1 Å². The Bertz CT molecular complexity index is 276. The van der Waals surface area contributed by atoms with E-state index in [0.717, 1.165) is 58.2 Å². The Kier molecular flexibility index (Phi) is 7.33. The number of hydrogen-bond donors (Lipinski definition) is 2. The average molecular weight is 284 g/mol. The molecule has 0 spiro atoms. The molecule has 0 aromatic carbocycles. The number of carbonyl (C=O) groups excluding carboxylic acids is 1. The molecule has 0 aromatic heterocycles. The summed E-state index contributed by atoms with van der Waals surface area (Å²) < 4.78 is 11.0. The van der Waals surface area contributed by atoms with Crippen LogP contribution in [-0.4, -0.2) is 52.0 Å². The van der Waals surface area contributed by atoms with Crippen LogP contribution in [-0.2, 0) is 14.3 Å². The van der Waals surface area contributed by atoms with Crippen molar-refractivity contribution in [3.63, 3.8) is 0 Å². The van der Waals surface area contributed by atoms with Crippen LogP contribution in [0.4, 0.5) is 0 Å². The molecule has 0 bridgehead atoms. The van der Waals surface area contributed by atoms with E-state index in [1.165, 1.54) is 12.8 Å². The molecule has 1 amide bonds. The molecule has 2 rings (SSSR count). The summed E-state index contributed by atoms with van der Waals surface area (Å²) in [6.07, 6.45) is 5.75. The van der Waals surface area contributed by atoms with Crippen molar-refractivity contribution in [3.8, 4) is 0 Å². The van der Waals surface area contributed by atoms with Gasteiger partial charge in [-0.05, 0) is 50.5 Å². The summed E-state index contributed by atoms with van der Waals surface area (Å²) in [6, 6.07) is 0. The minimum absolute atomic E-state index is 0.0927. The molecule has 0 atom stereocenters. The van der Waals surface area contributed by atoms with Crippen LogP contribution in [0.25, 0.3) is 0 Å². The van der Waals surface area contributed by atoms with Crippen LogP contribution in [0.5, 0.6) is 0 Å². The summed E-state index contributed by atoms with van der Waals surface area (Å²) >= 11 is 0. The summed E-state index contributed by atoms with van der Waals surface area (Å²) in [5.74, 6) is 1.57. The van der Waals surface area contributed by atoms with Gasteiger partial charge in [-0.1, -0.05) is 0 Å². The Morgan fingerprint density at radius 2 is 1.95 bits per heavy atom. The Hall–Kier alpha value is -0.650. The Morgan fingerprint density at radius 3 is 2.70 bits per heavy atom. The number of amides is 1. The normalized spacial score (nSPS) is 20.0. The maximum absolute atomic E-state index is 11.5. The lowest BCUT2D eigenvalue weighted by atomic mass is 10.0. The van der Waals surface area contributed by atoms with Gasteiger partial charge >= 0.3 is 0 Å². The van der Waals surface area contributed by atoms with E-state index in [1.807, 2.05) is 0 Å². The van der Waals surface area contributed by atoms with Gasteiger partial charge in [0.1, 0.15) is 0 Å². The fourth-order valence-corrected chi connectivity index (χ4v) is 2.34. The Labute approximate surface area is 121 Å². The molecular formula is C15H28N2O3. The number of ether oxygens (including phenoxy) is 2. The highest BCUT2D eigenvalue weighted by Gasteiger charge is 2.20. The fraction of sp³-hybridized carbons (Fsp3) is 0.933. The van der Waals surface area contributed by atoms with Gasteiger partial charge in [-0.15, -0.1) is 0 Å². The second-order valence-electron chi connectivity index (χ2n) is 5.91. The van der Waals surface area contributed by atoms with Crippen molar-refractivity contribution in [2.45, 2.75) is 32.1 Å². The summed E-state index contributed by atoms with van der Waals surface area (Å²) in [4.78, 5) is 11.5. The van der Waals surface area contributed by atoms with Crippen molar-refractivity contribution in [2.24, 2.45) is 11.8 Å². The second-order valence-corrected chi connectivity index (χ2v) is 5.91. The van der Waals surface area contributed by atoms with Crippen molar-refractivity contribution in [1.29, 1.82) is 0 Å². The molecule has 1 saturated heterocycles. The highest BCUT2D eigenvalue weighted by molar-refractivity contribution is 5.77. The molecule has 1 saturated carbocycles. The first kappa shape index (κ1) is 15.7. The molecule has 0 aromatic rings. The van der Waals surface area contributed by atoms with Gasteiger partial charge in [0.2, 0.25) is 5.91 Å². The fourth-order valence-electron chi connectivity index (χ4n) is 2.34. The van der Waals surface area contributed by atoms with Crippen LogP contribution in [0.15, 0.2) is 0 Å². The second kappa shape index (κ2) is 9.32. The lowest BCUT2D eigenvalue weighted by molar-refractivity contribution is -0.120. The number of rotatable bonds is 10. The van der Waals surface area contributed by atoms with Crippen molar-refractivity contribution in [1.82, 2.24) is 10.6 Å². The van der Waals surface area contributed by atoms with Gasteiger partial charge in [-0.25, -0.2) is 0 Å². The van der Waals surface area contributed by atoms with Gasteiger partial charge in [-0.2, -0.15) is 0 Å². The lowest BCUT2D eigenvalue weighted by Gasteiger charge is -2.21. The van der Waals surface area contributed by atoms with E-state index in [0.29, 0.717) is 19.0 Å². The molecular weight excluding hydrogens is 256 g/mol. The van der Waals surface area contributed by atoms with E-state index in [2.05, 4.69) is 10.6 Å². The number of hydrogen-bond acceptors (Lipinski definition) is 4. The summed E-state index contributed by atoms with van der Waals surface area (Å²) in [6.45, 7) is 5.45. The predicted octanol–water partition coefficient (Wildman–Crippen LogP) is 0.935. The molecule has 0 unspecified atom stereocenters. The largest absolute Gasteiger partial charge is 0.381 e. The van der Waals surface area contributed by atoms with Crippen molar-refractivity contribution in [2.75, 3.05) is 46.1 Å². The van der Waals surface area contributed by atoms with Crippen LogP contribution >= 0.6 is 0 Å². The van der Waals surface area contributed by atoms with Crippen molar-refractivity contribution in [3.05, 3.63) is 0 Å². The van der Waals surface area contributed by atoms with E-state index in [-0.39, 0.29) is 5.91 Å². The third-order valence-corrected chi connectivity index (χ3v) is 3.90. The predicted molar refractivity (Wildman–Crippen MR) is 77.6 cm³/mol. The van der Waals surface area contributed by atoms with E-state index in [9.17, 15) is 4.79 Å². The third kappa shape index (κ3) is 7.22. The zero-order chi connectivity index (χ0) is 14.0. The molecule has 2 aliphatic rings. The summed E-state index contributed by atoms with van der Waals surface area (Å²) in [5.41, 5.74) is 0. The highest BCUT2D eigenvalue weighted by Crippen LogP contribution is 2.27. The van der Waals surface area contributed by atoms with E-state index < -0.39 is 0 Å². The standard InChI is InChI=1S/C15H28N2O3/c18-15(11-16-10-13-2-3-13)17-6-1-7-20-12-14-4-8-19-9-5-14/h13-14,16H,1-12H2,(H,17,18). The lowest BCUT2D eigenvalue weighted by Crippen LogP contribution is -2.35. The third-order valence-electron chi connectivity index (χ3n) is 3.90. The molecule has 2 fully saturated rings. The van der Waals surface area contributed by atoms with Gasteiger partial charge in [0, 0.05) is 33.0 Å². The molecule has 5 heteroatoms. The first-order valence-corrected chi connectivity index (χ1v) is 7.97. The van der Waals surface area contributed by atoms with E-state index >= 15 is 0 Å². The van der Waals surface area contributed by atoms with Gasteiger partial charge in [-0.3, -0.25) is 4.79 Å². The molecule has 20 heavy (non-hydrogen) atoms. The first-order chi connectivity index (χ1) is 9.84. The van der Waals surface area contributed by atoms with Gasteiger partial charge < -0.3 is 20.1 Å². The van der Waals surface area contributed by atoms with Crippen molar-refractivity contribution >= 4 is 5.91 Å². The van der Waals surface area contributed by atoms with E-state index in [1.54, 1.807) is 0 Å². The Balaban J connectivity index is 1.34. The SMILES string of the molecule is O=C(CNCC1CC1)NCCCOCC1CCOCC1. The smallest absolute Gasteiger partial charge is 0.233 e. The molecule has 2 N–H and O–H groups in total. The van der Waals surface area contributed by atoms with Gasteiger partial charge in [0.25, 0.3) is 0 Å². The zero-order valence-electron chi connectivity index (χ0n) is 12.4. The van der Waals surface area contributed by atoms with Crippen LogP contribution in [0.2, 0.25) is 0 Å². The van der Waals surface area contributed by atoms with Crippen LogP contribution in [0.3, 0.4) is 0 Å². The molecule has 1 aliphatic heterocycles. The van der Waals surface area contributed by atoms with Crippen LogP contribution < -0.4 is 10.6 Å². The first-order valence-electron chi connectivity index (χ1n) is 7.97. The molecule has 5 nitrogen and oxygen atoms in total. The Morgan fingerprint density at radius 1 is 1.15 bits per heavy atom. The zero-order valence-corrected chi connectivity index (χ0v) is 12.4. The minimum atomic E-state index is 0.0927. The maximum atomic E-state index is 11.5. The van der Waals surface area contributed by atoms with Crippen molar-refractivity contribution < 1.29 is 14.3 Å². The van der Waals surface area contributed by atoms with Crippen LogP contribution in [0, 0.1) is 11.8 Å². The van der Waals surface area contributed by atoms with Gasteiger partial charge in [0.05, 0.1) is 6.54 Å². The monoisotopic (exact) mass is 284 g/mol. The summed E-state index contributed by atoms with van der Waals surface area (Å²) in [5, 5.41) is 6.10. The molecule has 1 aliphatic carbocycles. The maximum Gasteiger partial charge on any atom is 0.233 e. The highest BCUT2D eigenvalue weighted by atomic mass is 16.5. The number of nitrogens with one attached hydrogen (secondary N) is 2. The minimum Gasteiger partial charge on any atom is -0.381 e. The van der Waals surface area contributed by atoms with E-state index in [4.69, 9.17) is 9.47 Å². The quantitative estimate of drug-likeness (QED) is 0.586. The summed E-state index contributed by atoms with van der Waals surface area (Å²) in [7, 11) is 0. The molecule has 0 radical (unpaired) electrons. The molecule has 116 valence electrons.